The molecule has 1 aromatic rings. The van der Waals surface area contributed by atoms with E-state index in [-0.39, 0.29) is 24.3 Å². The van der Waals surface area contributed by atoms with Crippen molar-refractivity contribution in [3.8, 4) is 5.75 Å². The van der Waals surface area contributed by atoms with Crippen LogP contribution in [-0.2, 0) is 9.59 Å². The SMILES string of the molecule is COc1ccccc1NC(=O)CC(=O)NC(C)C. The molecule has 0 aliphatic carbocycles. The molecule has 0 aliphatic rings. The van der Waals surface area contributed by atoms with E-state index in [1.165, 1.54) is 7.11 Å². The molecule has 0 spiro atoms. The third-order valence-electron chi connectivity index (χ3n) is 2.15. The Morgan fingerprint density at radius 3 is 2.50 bits per heavy atom. The van der Waals surface area contributed by atoms with Gasteiger partial charge in [0.15, 0.2) is 0 Å². The molecule has 0 unspecified atom stereocenters. The Balaban J connectivity index is 2.57. The number of para-hydroxylation sites is 2. The Morgan fingerprint density at radius 2 is 1.89 bits per heavy atom. The lowest BCUT2D eigenvalue weighted by Crippen LogP contribution is -2.33. The third kappa shape index (κ3) is 4.45. The molecule has 2 amide bonds. The van der Waals surface area contributed by atoms with E-state index in [4.69, 9.17) is 4.74 Å². The van der Waals surface area contributed by atoms with Crippen LogP contribution in [0.4, 0.5) is 5.69 Å². The fraction of sp³-hybridized carbons (Fsp3) is 0.385. The number of hydrogen-bond acceptors (Lipinski definition) is 3. The van der Waals surface area contributed by atoms with Gasteiger partial charge in [0, 0.05) is 6.04 Å². The highest BCUT2D eigenvalue weighted by Crippen LogP contribution is 2.22. The number of nitrogens with one attached hydrogen (secondary N) is 2. The van der Waals surface area contributed by atoms with Gasteiger partial charge in [-0.15, -0.1) is 0 Å². The van der Waals surface area contributed by atoms with Gasteiger partial charge in [-0.25, -0.2) is 0 Å². The van der Waals surface area contributed by atoms with E-state index < -0.39 is 0 Å². The van der Waals surface area contributed by atoms with Gasteiger partial charge >= 0.3 is 0 Å². The summed E-state index contributed by atoms with van der Waals surface area (Å²) in [5, 5.41) is 5.30. The van der Waals surface area contributed by atoms with Crippen molar-refractivity contribution in [1.82, 2.24) is 5.32 Å². The van der Waals surface area contributed by atoms with Crippen molar-refractivity contribution in [3.63, 3.8) is 0 Å². The maximum Gasteiger partial charge on any atom is 0.233 e. The van der Waals surface area contributed by atoms with Crippen LogP contribution in [0.5, 0.6) is 5.75 Å². The molecule has 0 saturated heterocycles. The number of benzene rings is 1. The number of anilines is 1. The summed E-state index contributed by atoms with van der Waals surface area (Å²) in [6.45, 7) is 3.69. The van der Waals surface area contributed by atoms with Crippen molar-refractivity contribution < 1.29 is 14.3 Å². The summed E-state index contributed by atoms with van der Waals surface area (Å²) < 4.78 is 5.10. The van der Waals surface area contributed by atoms with Crippen LogP contribution in [0.25, 0.3) is 0 Å². The Morgan fingerprint density at radius 1 is 1.22 bits per heavy atom. The van der Waals surface area contributed by atoms with Crippen LogP contribution in [0.15, 0.2) is 24.3 Å². The first-order valence-corrected chi connectivity index (χ1v) is 5.75. The number of carbonyl (C=O) groups is 2. The highest BCUT2D eigenvalue weighted by molar-refractivity contribution is 6.04. The Hall–Kier alpha value is -2.04. The molecular weight excluding hydrogens is 232 g/mol. The molecule has 98 valence electrons. The first kappa shape index (κ1) is 14.0. The van der Waals surface area contributed by atoms with Crippen LogP contribution >= 0.6 is 0 Å². The van der Waals surface area contributed by atoms with Crippen LogP contribution in [0, 0.1) is 0 Å². The smallest absolute Gasteiger partial charge is 0.233 e. The summed E-state index contributed by atoms with van der Waals surface area (Å²) in [4.78, 5) is 23.1. The zero-order valence-electron chi connectivity index (χ0n) is 10.8. The maximum atomic E-state index is 11.6. The molecule has 5 heteroatoms. The first-order valence-electron chi connectivity index (χ1n) is 5.75. The summed E-state index contributed by atoms with van der Waals surface area (Å²) in [6, 6.07) is 7.07. The van der Waals surface area contributed by atoms with Crippen LogP contribution in [0.1, 0.15) is 20.3 Å². The standard InChI is InChI=1S/C13H18N2O3/c1-9(2)14-12(16)8-13(17)15-10-6-4-5-7-11(10)18-3/h4-7,9H,8H2,1-3H3,(H,14,16)(H,15,17). The minimum Gasteiger partial charge on any atom is -0.495 e. The molecule has 0 fully saturated rings. The lowest BCUT2D eigenvalue weighted by atomic mass is 10.2. The van der Waals surface area contributed by atoms with Crippen molar-refractivity contribution in [2.75, 3.05) is 12.4 Å². The second-order valence-corrected chi connectivity index (χ2v) is 4.15. The van der Waals surface area contributed by atoms with E-state index in [1.807, 2.05) is 13.8 Å². The number of carbonyl (C=O) groups excluding carboxylic acids is 2. The highest BCUT2D eigenvalue weighted by Gasteiger charge is 2.12. The van der Waals surface area contributed by atoms with Gasteiger partial charge in [0.1, 0.15) is 12.2 Å². The van der Waals surface area contributed by atoms with Gasteiger partial charge in [-0.3, -0.25) is 9.59 Å². The minimum absolute atomic E-state index is 0.0246. The monoisotopic (exact) mass is 250 g/mol. The van der Waals surface area contributed by atoms with Crippen molar-refractivity contribution >= 4 is 17.5 Å². The zero-order chi connectivity index (χ0) is 13.5. The average molecular weight is 250 g/mol. The number of methoxy groups -OCH3 is 1. The van der Waals surface area contributed by atoms with Gasteiger partial charge in [-0.2, -0.15) is 0 Å². The van der Waals surface area contributed by atoms with Crippen molar-refractivity contribution in [1.29, 1.82) is 0 Å². The fourth-order valence-corrected chi connectivity index (χ4v) is 1.46. The molecule has 1 aromatic carbocycles. The zero-order valence-corrected chi connectivity index (χ0v) is 10.8. The highest BCUT2D eigenvalue weighted by atomic mass is 16.5. The molecule has 0 bridgehead atoms. The fourth-order valence-electron chi connectivity index (χ4n) is 1.46. The molecule has 0 radical (unpaired) electrons. The van der Waals surface area contributed by atoms with E-state index >= 15 is 0 Å². The second kappa shape index (κ2) is 6.64. The molecular formula is C13H18N2O3. The number of hydrogen-bond donors (Lipinski definition) is 2. The van der Waals surface area contributed by atoms with Gasteiger partial charge < -0.3 is 15.4 Å². The molecule has 18 heavy (non-hydrogen) atoms. The molecule has 0 aromatic heterocycles. The number of ether oxygens (including phenoxy) is 1. The molecule has 5 nitrogen and oxygen atoms in total. The van der Waals surface area contributed by atoms with E-state index in [2.05, 4.69) is 10.6 Å². The van der Waals surface area contributed by atoms with Gasteiger partial charge in [-0.05, 0) is 26.0 Å². The largest absolute Gasteiger partial charge is 0.495 e. The lowest BCUT2D eigenvalue weighted by Gasteiger charge is -2.11. The molecule has 0 heterocycles. The summed E-state index contributed by atoms with van der Waals surface area (Å²) in [7, 11) is 1.52. The average Bonchev–Trinajstić information content (AvgIpc) is 2.28. The van der Waals surface area contributed by atoms with Gasteiger partial charge in [-0.1, -0.05) is 12.1 Å². The van der Waals surface area contributed by atoms with Crippen molar-refractivity contribution in [2.45, 2.75) is 26.3 Å². The van der Waals surface area contributed by atoms with Gasteiger partial charge in [0.05, 0.1) is 12.8 Å². The first-order chi connectivity index (χ1) is 8.52. The summed E-state index contributed by atoms with van der Waals surface area (Å²) in [6.07, 6.45) is -0.198. The minimum atomic E-state index is -0.363. The maximum absolute atomic E-state index is 11.6. The van der Waals surface area contributed by atoms with Crippen LogP contribution in [-0.4, -0.2) is 25.0 Å². The lowest BCUT2D eigenvalue weighted by molar-refractivity contribution is -0.127. The Kier molecular flexibility index (Phi) is 5.17. The predicted octanol–water partition coefficient (Wildman–Crippen LogP) is 1.55. The van der Waals surface area contributed by atoms with Crippen molar-refractivity contribution in [3.05, 3.63) is 24.3 Å². The van der Waals surface area contributed by atoms with Gasteiger partial charge in [0.2, 0.25) is 11.8 Å². The van der Waals surface area contributed by atoms with Crippen LogP contribution in [0.2, 0.25) is 0 Å². The van der Waals surface area contributed by atoms with E-state index in [9.17, 15) is 9.59 Å². The summed E-state index contributed by atoms with van der Waals surface area (Å²) in [5.41, 5.74) is 0.558. The van der Waals surface area contributed by atoms with Crippen molar-refractivity contribution in [2.24, 2.45) is 0 Å². The number of rotatable bonds is 5. The third-order valence-corrected chi connectivity index (χ3v) is 2.15. The van der Waals surface area contributed by atoms with Crippen LogP contribution in [0.3, 0.4) is 0 Å². The van der Waals surface area contributed by atoms with Crippen LogP contribution < -0.4 is 15.4 Å². The quantitative estimate of drug-likeness (QED) is 0.779. The topological polar surface area (TPSA) is 67.4 Å². The molecule has 2 N–H and O–H groups in total. The normalized spacial score (nSPS) is 10.0. The molecule has 0 aliphatic heterocycles. The van der Waals surface area contributed by atoms with Gasteiger partial charge in [0.25, 0.3) is 0 Å². The van der Waals surface area contributed by atoms with E-state index in [1.54, 1.807) is 24.3 Å². The van der Waals surface area contributed by atoms with E-state index in [0.717, 1.165) is 0 Å². The van der Waals surface area contributed by atoms with E-state index in [0.29, 0.717) is 11.4 Å². The summed E-state index contributed by atoms with van der Waals surface area (Å²) >= 11 is 0. The Labute approximate surface area is 107 Å². The predicted molar refractivity (Wildman–Crippen MR) is 69.5 cm³/mol. The Bertz CT molecular complexity index is 430. The molecule has 0 saturated carbocycles. The number of amides is 2. The molecule has 0 atom stereocenters. The second-order valence-electron chi connectivity index (χ2n) is 4.15. The molecule has 1 rings (SSSR count). The summed E-state index contributed by atoms with van der Waals surface area (Å²) in [5.74, 6) is -0.0924.